The van der Waals surface area contributed by atoms with Gasteiger partial charge in [0.15, 0.2) is 6.10 Å². The van der Waals surface area contributed by atoms with Crippen LogP contribution in [0.5, 0.6) is 0 Å². The van der Waals surface area contributed by atoms with E-state index < -0.39 is 26.5 Å². The first kappa shape index (κ1) is 32.0. The summed E-state index contributed by atoms with van der Waals surface area (Å²) in [5, 5.41) is 0. The van der Waals surface area contributed by atoms with Crippen LogP contribution in [0.3, 0.4) is 0 Å². The molecule has 0 bridgehead atoms. The number of phosphoric ester groups is 1. The first-order valence-electron chi connectivity index (χ1n) is 12.5. The van der Waals surface area contributed by atoms with Crippen LogP contribution in [0.1, 0.15) is 90.9 Å². The molecule has 0 amide bonds. The number of ether oxygens (including phenoxy) is 2. The lowest BCUT2D eigenvalue weighted by Crippen LogP contribution is -3.06. The molecule has 0 aliphatic rings. The number of quaternary nitrogens is 1. The van der Waals surface area contributed by atoms with Gasteiger partial charge in [-0.15, -0.1) is 0 Å². The Balaban J connectivity index is 4.57. The van der Waals surface area contributed by atoms with E-state index in [4.69, 9.17) is 18.5 Å². The molecule has 2 N–H and O–H groups in total. The highest BCUT2D eigenvalue weighted by atomic mass is 31.2. The van der Waals surface area contributed by atoms with E-state index in [0.717, 1.165) is 62.7 Å². The number of hydrogen-bond donors (Lipinski definition) is 2. The first-order chi connectivity index (χ1) is 15.7. The minimum atomic E-state index is -4.30. The van der Waals surface area contributed by atoms with E-state index in [-0.39, 0.29) is 32.0 Å². The number of unbranched alkanes of at least 4 members (excludes halogenated alkanes) is 8. The Hall–Kier alpha value is -0.990. The van der Waals surface area contributed by atoms with Crippen molar-refractivity contribution in [1.29, 1.82) is 0 Å². The highest BCUT2D eigenvalue weighted by Gasteiger charge is 2.26. The van der Waals surface area contributed by atoms with Crippen molar-refractivity contribution in [2.24, 2.45) is 0 Å². The lowest BCUT2D eigenvalue weighted by Gasteiger charge is -2.20. The number of rotatable bonds is 22. The molecule has 0 aliphatic carbocycles. The van der Waals surface area contributed by atoms with Gasteiger partial charge in [-0.3, -0.25) is 18.6 Å². The van der Waals surface area contributed by atoms with Crippen LogP contribution in [-0.4, -0.2) is 63.4 Å². The van der Waals surface area contributed by atoms with Gasteiger partial charge >= 0.3 is 19.8 Å². The van der Waals surface area contributed by atoms with Crippen molar-refractivity contribution < 1.29 is 42.5 Å². The number of hydrogen-bond acceptors (Lipinski definition) is 7. The van der Waals surface area contributed by atoms with Crippen molar-refractivity contribution in [3.8, 4) is 0 Å². The summed E-state index contributed by atoms with van der Waals surface area (Å²) in [6.07, 6.45) is 9.56. The quantitative estimate of drug-likeness (QED) is 0.133. The number of esters is 2. The second-order valence-electron chi connectivity index (χ2n) is 8.68. The molecule has 0 radical (unpaired) electrons. The maximum atomic E-state index is 12.2. The molecule has 0 aromatic rings. The number of phosphoric acid groups is 1. The summed E-state index contributed by atoms with van der Waals surface area (Å²) >= 11 is 0. The summed E-state index contributed by atoms with van der Waals surface area (Å²) in [5.74, 6) is -0.829. The van der Waals surface area contributed by atoms with Gasteiger partial charge in [0.05, 0.1) is 20.7 Å². The molecule has 0 saturated carbocycles. The zero-order valence-corrected chi connectivity index (χ0v) is 22.0. The predicted molar refractivity (Wildman–Crippen MR) is 127 cm³/mol. The first-order valence-corrected chi connectivity index (χ1v) is 14.0. The zero-order chi connectivity index (χ0) is 25.0. The second kappa shape index (κ2) is 20.4. The Bertz CT molecular complexity index is 559. The van der Waals surface area contributed by atoms with E-state index in [0.29, 0.717) is 13.0 Å². The van der Waals surface area contributed by atoms with Crippen molar-refractivity contribution in [1.82, 2.24) is 0 Å². The molecule has 0 spiro atoms. The van der Waals surface area contributed by atoms with E-state index in [1.807, 2.05) is 14.1 Å². The summed E-state index contributed by atoms with van der Waals surface area (Å²) in [6.45, 7) is 4.20. The minimum Gasteiger partial charge on any atom is -0.462 e. The Morgan fingerprint density at radius 3 is 1.91 bits per heavy atom. The normalized spacial score (nSPS) is 14.1. The van der Waals surface area contributed by atoms with Crippen molar-refractivity contribution in [2.75, 3.05) is 40.5 Å². The Kier molecular flexibility index (Phi) is 19.8. The molecule has 0 aromatic heterocycles. The largest absolute Gasteiger partial charge is 0.472 e. The van der Waals surface area contributed by atoms with Crippen molar-refractivity contribution >= 4 is 19.8 Å². The molecule has 0 aliphatic heterocycles. The maximum absolute atomic E-state index is 12.2. The van der Waals surface area contributed by atoms with E-state index in [1.54, 1.807) is 0 Å². The Morgan fingerprint density at radius 1 is 0.818 bits per heavy atom. The average Bonchev–Trinajstić information content (AvgIpc) is 2.75. The lowest BCUT2D eigenvalue weighted by molar-refractivity contribution is -0.858. The van der Waals surface area contributed by atoms with Gasteiger partial charge in [0, 0.05) is 12.8 Å². The predicted octanol–water partition coefficient (Wildman–Crippen LogP) is 3.44. The van der Waals surface area contributed by atoms with E-state index in [1.165, 1.54) is 0 Å². The molecule has 0 aromatic carbocycles. The molecular weight excluding hydrogens is 449 g/mol. The molecule has 33 heavy (non-hydrogen) atoms. The zero-order valence-electron chi connectivity index (χ0n) is 21.1. The minimum absolute atomic E-state index is 0.0470. The van der Waals surface area contributed by atoms with Crippen molar-refractivity contribution in [2.45, 2.75) is 97.0 Å². The fourth-order valence-electron chi connectivity index (χ4n) is 2.94. The van der Waals surface area contributed by atoms with Crippen molar-refractivity contribution in [3.05, 3.63) is 0 Å². The third-order valence-electron chi connectivity index (χ3n) is 4.98. The van der Waals surface area contributed by atoms with Crippen LogP contribution in [0, 0.1) is 0 Å². The number of nitrogens with one attached hydrogen (secondary N) is 1. The van der Waals surface area contributed by atoms with Gasteiger partial charge in [-0.25, -0.2) is 4.57 Å². The summed E-state index contributed by atoms with van der Waals surface area (Å²) in [6, 6.07) is 0. The van der Waals surface area contributed by atoms with Gasteiger partial charge in [0.25, 0.3) is 0 Å². The van der Waals surface area contributed by atoms with Gasteiger partial charge < -0.3 is 19.3 Å². The van der Waals surface area contributed by atoms with Crippen LogP contribution in [0.25, 0.3) is 0 Å². The average molecular weight is 497 g/mol. The van der Waals surface area contributed by atoms with Crippen LogP contribution in [0.4, 0.5) is 0 Å². The molecule has 0 saturated heterocycles. The molecule has 0 fully saturated rings. The van der Waals surface area contributed by atoms with Crippen LogP contribution >= 0.6 is 7.82 Å². The summed E-state index contributed by atoms with van der Waals surface area (Å²) in [7, 11) is -0.518. The summed E-state index contributed by atoms with van der Waals surface area (Å²) in [5.41, 5.74) is 0. The molecule has 9 nitrogen and oxygen atoms in total. The fraction of sp³-hybridized carbons (Fsp3) is 0.913. The lowest BCUT2D eigenvalue weighted by atomic mass is 10.1. The monoisotopic (exact) mass is 496 g/mol. The summed E-state index contributed by atoms with van der Waals surface area (Å²) < 4.78 is 32.6. The maximum Gasteiger partial charge on any atom is 0.472 e. The third-order valence-corrected chi connectivity index (χ3v) is 5.96. The van der Waals surface area contributed by atoms with Crippen LogP contribution < -0.4 is 4.90 Å². The molecule has 2 unspecified atom stereocenters. The topological polar surface area (TPSA) is 113 Å². The summed E-state index contributed by atoms with van der Waals surface area (Å²) in [4.78, 5) is 35.1. The SMILES string of the molecule is CCCCCCCC(=O)OCC(COP(=O)(O)OCC[NH+](C)C)OC(=O)CCCCCCC. The van der Waals surface area contributed by atoms with E-state index in [9.17, 15) is 19.0 Å². The van der Waals surface area contributed by atoms with Gasteiger partial charge in [0.2, 0.25) is 0 Å². The van der Waals surface area contributed by atoms with Gasteiger partial charge in [-0.05, 0) is 12.8 Å². The van der Waals surface area contributed by atoms with Crippen LogP contribution in [0.2, 0.25) is 0 Å². The third kappa shape index (κ3) is 21.3. The second-order valence-corrected chi connectivity index (χ2v) is 10.1. The van der Waals surface area contributed by atoms with Gasteiger partial charge in [-0.1, -0.05) is 65.2 Å². The van der Waals surface area contributed by atoms with Gasteiger partial charge in [0.1, 0.15) is 19.8 Å². The molecule has 0 rings (SSSR count). The molecular formula is C23H47NO8P+. The van der Waals surface area contributed by atoms with E-state index >= 15 is 0 Å². The smallest absolute Gasteiger partial charge is 0.462 e. The molecule has 0 heterocycles. The van der Waals surface area contributed by atoms with Crippen LogP contribution in [-0.2, 0) is 32.7 Å². The fourth-order valence-corrected chi connectivity index (χ4v) is 3.70. The highest BCUT2D eigenvalue weighted by molar-refractivity contribution is 7.47. The molecule has 196 valence electrons. The number of likely N-dealkylation sites (N-methyl/N-ethyl adjacent to an activating group) is 1. The number of carbonyl (C=O) groups is 2. The Labute approximate surface area is 200 Å². The van der Waals surface area contributed by atoms with E-state index in [2.05, 4.69) is 13.8 Å². The number of carbonyl (C=O) groups excluding carboxylic acids is 2. The molecule has 10 heteroatoms. The van der Waals surface area contributed by atoms with Crippen molar-refractivity contribution in [3.63, 3.8) is 0 Å². The van der Waals surface area contributed by atoms with Gasteiger partial charge in [-0.2, -0.15) is 0 Å². The van der Waals surface area contributed by atoms with Crippen LogP contribution in [0.15, 0.2) is 0 Å². The molecule has 2 atom stereocenters. The standard InChI is InChI=1S/C23H46NO8P/c1-5-7-9-11-13-15-22(25)29-19-21(32-23(26)16-14-12-10-8-6-2)20-31-33(27,28)30-18-17-24(3)4/h21H,5-20H2,1-4H3,(H,27,28)/p+1. The Morgan fingerprint density at radius 2 is 1.36 bits per heavy atom. The highest BCUT2D eigenvalue weighted by Crippen LogP contribution is 2.43.